The van der Waals surface area contributed by atoms with Gasteiger partial charge in [0.25, 0.3) is 0 Å². The fraction of sp³-hybridized carbons (Fsp3) is 0.526. The number of ether oxygens (including phenoxy) is 2. The summed E-state index contributed by atoms with van der Waals surface area (Å²) in [5.74, 6) is 0.0889. The van der Waals surface area contributed by atoms with Gasteiger partial charge in [0.15, 0.2) is 11.6 Å². The van der Waals surface area contributed by atoms with Crippen LogP contribution in [-0.2, 0) is 4.79 Å². The van der Waals surface area contributed by atoms with E-state index in [0.717, 1.165) is 30.7 Å². The summed E-state index contributed by atoms with van der Waals surface area (Å²) in [4.78, 5) is 31.1. The zero-order valence-corrected chi connectivity index (χ0v) is 31.2. The Kier molecular flexibility index (Phi) is 7.93. The molecule has 1 unspecified atom stereocenters. The average Bonchev–Trinajstić information content (AvgIpc) is 3.99. The van der Waals surface area contributed by atoms with Crippen molar-refractivity contribution in [3.63, 3.8) is 0 Å². The van der Waals surface area contributed by atoms with Gasteiger partial charge >= 0.3 is 6.01 Å². The summed E-state index contributed by atoms with van der Waals surface area (Å²) in [6.45, 7) is 3.55. The van der Waals surface area contributed by atoms with Crippen molar-refractivity contribution < 1.29 is 27.4 Å². The van der Waals surface area contributed by atoms with E-state index in [1.54, 1.807) is 0 Å². The Morgan fingerprint density at radius 3 is 2.80 bits per heavy atom. The summed E-state index contributed by atoms with van der Waals surface area (Å²) in [5.41, 5.74) is 5.61. The number of nitrogens with zero attached hydrogens (tertiary/aromatic N) is 7. The molecule has 54 heavy (non-hydrogen) atoms. The lowest BCUT2D eigenvalue weighted by atomic mass is 9.95. The van der Waals surface area contributed by atoms with Crippen LogP contribution in [-0.4, -0.2) is 114 Å². The monoisotopic (exact) mass is 778 g/mol. The third-order valence-corrected chi connectivity index (χ3v) is 13.9. The van der Waals surface area contributed by atoms with E-state index in [2.05, 4.69) is 14.8 Å². The second-order valence-electron chi connectivity index (χ2n) is 15.8. The molecule has 0 bridgehead atoms. The highest BCUT2D eigenvalue weighted by Crippen LogP contribution is 2.51. The number of alkyl halides is 1. The predicted molar refractivity (Wildman–Crippen MR) is 199 cm³/mol. The summed E-state index contributed by atoms with van der Waals surface area (Å²) in [6, 6.07) is 4.88. The number of carbonyl (C=O) groups excluding carboxylic acids is 1. The average molecular weight is 779 g/mol. The van der Waals surface area contributed by atoms with Gasteiger partial charge < -0.3 is 25.0 Å². The van der Waals surface area contributed by atoms with Crippen molar-refractivity contribution >= 4 is 60.7 Å². The van der Waals surface area contributed by atoms with Crippen LogP contribution in [0.25, 0.3) is 32.1 Å². The second kappa shape index (κ2) is 12.5. The number of aromatic nitrogens is 2. The number of hydrogen-bond acceptors (Lipinski definition) is 11. The van der Waals surface area contributed by atoms with Crippen molar-refractivity contribution in [3.8, 4) is 29.0 Å². The van der Waals surface area contributed by atoms with Crippen molar-refractivity contribution in [1.29, 1.82) is 5.26 Å². The Balaban J connectivity index is 1.04. The van der Waals surface area contributed by atoms with E-state index in [0.29, 0.717) is 56.9 Å². The number of nitrogens with two attached hydrogens (primary N) is 1. The number of nitrogen functional groups attached to an aromatic ring is 1. The minimum absolute atomic E-state index is 0.0259. The van der Waals surface area contributed by atoms with Gasteiger partial charge in [-0.1, -0.05) is 17.7 Å². The number of nitriles is 1. The molecule has 4 saturated heterocycles. The summed E-state index contributed by atoms with van der Waals surface area (Å²) < 4.78 is 59.8. The molecule has 2 aromatic heterocycles. The molecule has 5 aliphatic heterocycles. The summed E-state index contributed by atoms with van der Waals surface area (Å²) in [7, 11) is 2.02. The largest absolute Gasteiger partial charge is 0.489 e. The number of halogens is 4. The van der Waals surface area contributed by atoms with E-state index in [1.165, 1.54) is 25.0 Å². The lowest BCUT2D eigenvalue weighted by Crippen LogP contribution is -2.55. The predicted octanol–water partition coefficient (Wildman–Crippen LogP) is 5.60. The van der Waals surface area contributed by atoms with E-state index in [9.17, 15) is 14.4 Å². The molecule has 2 aromatic carbocycles. The van der Waals surface area contributed by atoms with Crippen LogP contribution < -0.4 is 20.1 Å². The number of carbonyl (C=O) groups is 1. The molecule has 5 fully saturated rings. The Morgan fingerprint density at radius 1 is 1.20 bits per heavy atom. The molecule has 5 atom stereocenters. The zero-order valence-electron chi connectivity index (χ0n) is 29.6. The molecule has 2 N–H and O–H groups in total. The molecule has 1 saturated carbocycles. The fourth-order valence-corrected chi connectivity index (χ4v) is 11.0. The van der Waals surface area contributed by atoms with Gasteiger partial charge in [-0.2, -0.15) is 15.2 Å². The Hall–Kier alpha value is -4.10. The van der Waals surface area contributed by atoms with Crippen LogP contribution in [0.3, 0.4) is 0 Å². The number of likely N-dealkylation sites (tertiary alicyclic amines) is 1. The maximum absolute atomic E-state index is 17.3. The molecule has 6 aliphatic rings. The number of rotatable bonds is 8. The van der Waals surface area contributed by atoms with Gasteiger partial charge in [-0.05, 0) is 56.8 Å². The first kappa shape index (κ1) is 34.4. The van der Waals surface area contributed by atoms with Crippen LogP contribution in [0.2, 0.25) is 5.02 Å². The number of likely N-dealkylation sites (N-methyl/N-ethyl adjacent to an activating group) is 1. The normalized spacial score (nSPS) is 27.9. The zero-order chi connectivity index (χ0) is 37.2. The molecule has 11 nitrogen and oxygen atoms in total. The molecule has 16 heteroatoms. The maximum Gasteiger partial charge on any atom is 0.319 e. The minimum atomic E-state index is -0.959. The quantitative estimate of drug-likeness (QED) is 0.226. The molecule has 1 aliphatic carbocycles. The molecule has 0 radical (unpaired) electrons. The number of thiophene rings is 1. The third-order valence-electron chi connectivity index (χ3n) is 12.5. The van der Waals surface area contributed by atoms with Gasteiger partial charge in [0.05, 0.1) is 32.8 Å². The number of anilines is 2. The van der Waals surface area contributed by atoms with E-state index in [1.807, 2.05) is 22.9 Å². The van der Waals surface area contributed by atoms with Gasteiger partial charge in [-0.25, -0.2) is 13.2 Å². The Bertz CT molecular complexity index is 2300. The van der Waals surface area contributed by atoms with Crippen molar-refractivity contribution in [2.24, 2.45) is 11.8 Å². The molecule has 1 amide bonds. The van der Waals surface area contributed by atoms with Crippen LogP contribution in [0, 0.1) is 34.8 Å². The van der Waals surface area contributed by atoms with Gasteiger partial charge in [0.1, 0.15) is 53.6 Å². The second-order valence-corrected chi connectivity index (χ2v) is 17.3. The standard InChI is InChI=1S/C38H38ClF3N8O3S/c1-47-30(19-3-4-19)31(47)36(51)49-14-18(15-49)13-48-9-10-52-32-26-29(45-37(46-35(26)48)53-17-38-7-2-8-50(38)16-20(40)11-38)28(42)25(27(32)39)21-5-6-23(41)33-24(21)22(12-43)34(44)54-33/h5-6,18-20,30-31H,2-4,7-11,13-17,44H2,1H3/t20-,30-,31-,38+,47?/m1/s1. The van der Waals surface area contributed by atoms with Gasteiger partial charge in [0.2, 0.25) is 5.91 Å². The highest BCUT2D eigenvalue weighted by molar-refractivity contribution is 7.23. The smallest absolute Gasteiger partial charge is 0.319 e. The molecule has 7 heterocycles. The van der Waals surface area contributed by atoms with Crippen molar-refractivity contribution in [1.82, 2.24) is 24.7 Å². The summed E-state index contributed by atoms with van der Waals surface area (Å²) in [5, 5.41) is 10.4. The maximum atomic E-state index is 17.3. The van der Waals surface area contributed by atoms with E-state index in [-0.39, 0.29) is 90.5 Å². The topological polar surface area (TPSA) is 124 Å². The lowest BCUT2D eigenvalue weighted by Gasteiger charge is -2.42. The van der Waals surface area contributed by atoms with Crippen molar-refractivity contribution in [2.75, 3.05) is 70.2 Å². The van der Waals surface area contributed by atoms with Crippen LogP contribution >= 0.6 is 22.9 Å². The summed E-state index contributed by atoms with van der Waals surface area (Å²) in [6.07, 6.45) is 3.46. The first-order chi connectivity index (χ1) is 26.1. The fourth-order valence-electron chi connectivity index (χ4n) is 9.67. The van der Waals surface area contributed by atoms with Crippen LogP contribution in [0.1, 0.15) is 37.7 Å². The first-order valence-electron chi connectivity index (χ1n) is 18.6. The Labute approximate surface area is 318 Å². The molecule has 0 spiro atoms. The van der Waals surface area contributed by atoms with Gasteiger partial charge in [-0.15, -0.1) is 11.3 Å². The highest BCUT2D eigenvalue weighted by Gasteiger charge is 2.58. The molecular formula is C38H38ClF3N8O3S. The van der Waals surface area contributed by atoms with Crippen LogP contribution in [0.15, 0.2) is 12.1 Å². The highest BCUT2D eigenvalue weighted by atomic mass is 35.5. The minimum Gasteiger partial charge on any atom is -0.489 e. The Morgan fingerprint density at radius 2 is 2.02 bits per heavy atom. The van der Waals surface area contributed by atoms with Gasteiger partial charge in [-0.3, -0.25) is 14.6 Å². The molecular weight excluding hydrogens is 741 g/mol. The first-order valence-corrected chi connectivity index (χ1v) is 19.8. The SMILES string of the molecule is CN1[C@H](C2CC2)[C@@H]1C(=O)N1CC(CN2CCOc3c(Cl)c(-c4ccc(F)c5sc(N)c(C#N)c45)c(F)c4nc(OC[C@@]56CCCN5C[C@H](F)C6)nc2c34)C1. The van der Waals surface area contributed by atoms with E-state index < -0.39 is 23.3 Å². The van der Waals surface area contributed by atoms with Crippen molar-refractivity contribution in [2.45, 2.75) is 55.9 Å². The van der Waals surface area contributed by atoms with Crippen LogP contribution in [0.4, 0.5) is 24.0 Å². The number of amides is 1. The lowest BCUT2D eigenvalue weighted by molar-refractivity contribution is -0.137. The van der Waals surface area contributed by atoms with E-state index in [4.69, 9.17) is 31.8 Å². The molecule has 4 aromatic rings. The number of benzene rings is 2. The number of fused-ring (bicyclic) bond motifs is 2. The third kappa shape index (κ3) is 5.23. The van der Waals surface area contributed by atoms with Gasteiger partial charge in [0, 0.05) is 55.5 Å². The number of hydrogen-bond donors (Lipinski definition) is 1. The van der Waals surface area contributed by atoms with Crippen LogP contribution in [0.5, 0.6) is 11.8 Å². The molecule has 10 rings (SSSR count). The van der Waals surface area contributed by atoms with Crippen molar-refractivity contribution in [3.05, 3.63) is 34.4 Å². The summed E-state index contributed by atoms with van der Waals surface area (Å²) >= 11 is 7.98. The molecule has 282 valence electrons. The van der Waals surface area contributed by atoms with E-state index >= 15 is 8.78 Å².